The molecule has 4 N–H and O–H groups in total. The van der Waals surface area contributed by atoms with Crippen LogP contribution in [0.15, 0.2) is 30.3 Å². The average Bonchev–Trinajstić information content (AvgIpc) is 2.43. The third kappa shape index (κ3) is 3.48. The van der Waals surface area contributed by atoms with Crippen LogP contribution in [0.3, 0.4) is 0 Å². The highest BCUT2D eigenvalue weighted by Crippen LogP contribution is 2.24. The maximum Gasteiger partial charge on any atom is 0.154 e. The van der Waals surface area contributed by atoms with Crippen molar-refractivity contribution in [2.24, 2.45) is 0 Å². The Labute approximate surface area is 119 Å². The molecule has 0 aliphatic rings. The van der Waals surface area contributed by atoms with Gasteiger partial charge in [-0.3, -0.25) is 0 Å². The number of aliphatic hydroxyl groups excluding tert-OH is 1. The zero-order valence-corrected chi connectivity index (χ0v) is 12.0. The summed E-state index contributed by atoms with van der Waals surface area (Å²) in [6.07, 6.45) is 1.68. The molecular weight excluding hydrogens is 250 g/mol. The molecule has 0 unspecified atom stereocenters. The van der Waals surface area contributed by atoms with E-state index < -0.39 is 0 Å². The number of nitrogen functional groups attached to an aromatic ring is 1. The summed E-state index contributed by atoms with van der Waals surface area (Å²) in [5.41, 5.74) is 10.9. The summed E-state index contributed by atoms with van der Waals surface area (Å²) in [6.45, 7) is 4.16. The first kappa shape index (κ1) is 14.3. The normalized spacial score (nSPS) is 10.6. The molecule has 1 aromatic heterocycles. The lowest BCUT2D eigenvalue weighted by Crippen LogP contribution is -2.02. The van der Waals surface area contributed by atoms with Crippen LogP contribution < -0.4 is 11.1 Å². The van der Waals surface area contributed by atoms with Crippen molar-refractivity contribution < 1.29 is 5.11 Å². The summed E-state index contributed by atoms with van der Waals surface area (Å²) in [6, 6.07) is 10.1. The summed E-state index contributed by atoms with van der Waals surface area (Å²) in [4.78, 5) is 4.43. The van der Waals surface area contributed by atoms with Crippen molar-refractivity contribution in [2.45, 2.75) is 26.7 Å². The van der Waals surface area contributed by atoms with Crippen LogP contribution >= 0.6 is 0 Å². The van der Waals surface area contributed by atoms with Gasteiger partial charge in [0.15, 0.2) is 5.82 Å². The number of aromatic nitrogens is 1. The topological polar surface area (TPSA) is 71.2 Å². The molecule has 0 aliphatic carbocycles. The van der Waals surface area contributed by atoms with E-state index >= 15 is 0 Å². The Kier molecular flexibility index (Phi) is 4.58. The number of aryl methyl sites for hydroxylation is 3. The van der Waals surface area contributed by atoms with Crippen LogP contribution in [0.1, 0.15) is 23.2 Å². The van der Waals surface area contributed by atoms with E-state index in [-0.39, 0.29) is 6.61 Å². The van der Waals surface area contributed by atoms with Gasteiger partial charge in [-0.1, -0.05) is 12.1 Å². The Balaban J connectivity index is 2.14. The van der Waals surface area contributed by atoms with Crippen molar-refractivity contribution in [1.82, 2.24) is 4.98 Å². The molecule has 0 saturated heterocycles. The fraction of sp³-hybridized carbons (Fsp3) is 0.312. The van der Waals surface area contributed by atoms with Gasteiger partial charge in [0.05, 0.1) is 5.69 Å². The van der Waals surface area contributed by atoms with Crippen molar-refractivity contribution in [2.75, 3.05) is 17.7 Å². The highest BCUT2D eigenvalue weighted by atomic mass is 16.2. The van der Waals surface area contributed by atoms with Crippen molar-refractivity contribution in [3.8, 4) is 0 Å². The predicted octanol–water partition coefficient (Wildman–Crippen LogP) is 2.95. The number of aliphatic hydroxyl groups is 1. The lowest BCUT2D eigenvalue weighted by atomic mass is 10.1. The number of pyridine rings is 1. The van der Waals surface area contributed by atoms with Crippen LogP contribution in [0.5, 0.6) is 0 Å². The summed E-state index contributed by atoms with van der Waals surface area (Å²) < 4.78 is 0. The molecule has 2 aromatic rings. The van der Waals surface area contributed by atoms with Gasteiger partial charge in [-0.25, -0.2) is 4.98 Å². The third-order valence-corrected chi connectivity index (χ3v) is 3.23. The third-order valence-electron chi connectivity index (χ3n) is 3.23. The fourth-order valence-electron chi connectivity index (χ4n) is 2.12. The van der Waals surface area contributed by atoms with Crippen molar-refractivity contribution in [3.05, 3.63) is 47.2 Å². The molecule has 4 nitrogen and oxygen atoms in total. The van der Waals surface area contributed by atoms with E-state index in [0.717, 1.165) is 29.8 Å². The Hall–Kier alpha value is -2.07. The number of benzene rings is 1. The van der Waals surface area contributed by atoms with Gasteiger partial charge < -0.3 is 16.2 Å². The van der Waals surface area contributed by atoms with Crippen molar-refractivity contribution in [3.63, 3.8) is 0 Å². The highest BCUT2D eigenvalue weighted by Gasteiger charge is 2.05. The Morgan fingerprint density at radius 3 is 2.55 bits per heavy atom. The smallest absolute Gasteiger partial charge is 0.154 e. The second kappa shape index (κ2) is 6.39. The minimum absolute atomic E-state index is 0.225. The molecule has 1 aromatic carbocycles. The van der Waals surface area contributed by atoms with E-state index in [2.05, 4.69) is 22.4 Å². The number of anilines is 3. The minimum Gasteiger partial charge on any atom is -0.396 e. The van der Waals surface area contributed by atoms with Crippen molar-refractivity contribution >= 4 is 17.2 Å². The number of hydrogen-bond acceptors (Lipinski definition) is 4. The highest BCUT2D eigenvalue weighted by molar-refractivity contribution is 5.71. The second-order valence-electron chi connectivity index (χ2n) is 4.99. The van der Waals surface area contributed by atoms with Gasteiger partial charge in [-0.05, 0) is 56.0 Å². The van der Waals surface area contributed by atoms with E-state index in [1.165, 1.54) is 5.56 Å². The Bertz CT molecular complexity index is 579. The number of nitrogens with one attached hydrogen (secondary N) is 1. The zero-order valence-electron chi connectivity index (χ0n) is 12.0. The molecule has 0 radical (unpaired) electrons. The molecule has 0 spiro atoms. The number of rotatable bonds is 5. The molecule has 1 heterocycles. The molecule has 0 atom stereocenters. The first-order valence-corrected chi connectivity index (χ1v) is 6.80. The van der Waals surface area contributed by atoms with Gasteiger partial charge in [0.2, 0.25) is 0 Å². The zero-order chi connectivity index (χ0) is 14.5. The SMILES string of the molecule is Cc1cc(C)c(N)c(Nc2ccc(CCCO)cc2)n1. The second-order valence-corrected chi connectivity index (χ2v) is 4.99. The molecule has 20 heavy (non-hydrogen) atoms. The number of nitrogens with zero attached hydrogens (tertiary/aromatic N) is 1. The van der Waals surface area contributed by atoms with Crippen LogP contribution in [0, 0.1) is 13.8 Å². The van der Waals surface area contributed by atoms with E-state index in [1.54, 1.807) is 0 Å². The number of hydrogen-bond donors (Lipinski definition) is 3. The van der Waals surface area contributed by atoms with Crippen molar-refractivity contribution in [1.29, 1.82) is 0 Å². The number of nitrogens with two attached hydrogens (primary N) is 1. The van der Waals surface area contributed by atoms with Crippen LogP contribution in [0.4, 0.5) is 17.2 Å². The van der Waals surface area contributed by atoms with E-state index in [4.69, 9.17) is 10.8 Å². The minimum atomic E-state index is 0.225. The summed E-state index contributed by atoms with van der Waals surface area (Å²) in [5, 5.41) is 12.1. The fourth-order valence-corrected chi connectivity index (χ4v) is 2.12. The van der Waals surface area contributed by atoms with Gasteiger partial charge >= 0.3 is 0 Å². The summed E-state index contributed by atoms with van der Waals surface area (Å²) in [5.74, 6) is 0.700. The molecule has 4 heteroatoms. The van der Waals surface area contributed by atoms with Crippen LogP contribution in [-0.2, 0) is 6.42 Å². The van der Waals surface area contributed by atoms with Crippen LogP contribution in [0.2, 0.25) is 0 Å². The van der Waals surface area contributed by atoms with E-state index in [9.17, 15) is 0 Å². The van der Waals surface area contributed by atoms with E-state index in [0.29, 0.717) is 11.5 Å². The summed E-state index contributed by atoms with van der Waals surface area (Å²) >= 11 is 0. The monoisotopic (exact) mass is 271 g/mol. The molecule has 0 fully saturated rings. The predicted molar refractivity (Wildman–Crippen MR) is 83.3 cm³/mol. The molecule has 0 bridgehead atoms. The van der Waals surface area contributed by atoms with Gasteiger partial charge in [-0.2, -0.15) is 0 Å². The Morgan fingerprint density at radius 1 is 1.20 bits per heavy atom. The van der Waals surface area contributed by atoms with Crippen LogP contribution in [-0.4, -0.2) is 16.7 Å². The standard InChI is InChI=1S/C16H21N3O/c1-11-10-12(2)18-16(15(11)17)19-14-7-5-13(6-8-14)4-3-9-20/h5-8,10,20H,3-4,9,17H2,1-2H3,(H,18,19). The maximum atomic E-state index is 8.83. The van der Waals surface area contributed by atoms with Gasteiger partial charge in [-0.15, -0.1) is 0 Å². The first-order valence-electron chi connectivity index (χ1n) is 6.80. The summed E-state index contributed by atoms with van der Waals surface area (Å²) in [7, 11) is 0. The van der Waals surface area contributed by atoms with Gasteiger partial charge in [0, 0.05) is 18.0 Å². The van der Waals surface area contributed by atoms with E-state index in [1.807, 2.05) is 32.0 Å². The maximum absolute atomic E-state index is 8.83. The molecule has 106 valence electrons. The molecule has 0 amide bonds. The quantitative estimate of drug-likeness (QED) is 0.782. The van der Waals surface area contributed by atoms with Crippen LogP contribution in [0.25, 0.3) is 0 Å². The lowest BCUT2D eigenvalue weighted by Gasteiger charge is -2.12. The largest absolute Gasteiger partial charge is 0.396 e. The average molecular weight is 271 g/mol. The lowest BCUT2D eigenvalue weighted by molar-refractivity contribution is 0.288. The molecular formula is C16H21N3O. The molecule has 0 aliphatic heterocycles. The Morgan fingerprint density at radius 2 is 1.90 bits per heavy atom. The van der Waals surface area contributed by atoms with Gasteiger partial charge in [0.1, 0.15) is 0 Å². The molecule has 2 rings (SSSR count). The molecule has 0 saturated carbocycles. The van der Waals surface area contributed by atoms with Gasteiger partial charge in [0.25, 0.3) is 0 Å². The first-order chi connectivity index (χ1) is 9.60.